The molecule has 3 aromatic rings. The third-order valence-corrected chi connectivity index (χ3v) is 2.70. The Kier molecular flexibility index (Phi) is 2.45. The van der Waals surface area contributed by atoms with Gasteiger partial charge >= 0.3 is 5.69 Å². The Balaban J connectivity index is 1.98. The first-order chi connectivity index (χ1) is 9.13. The van der Waals surface area contributed by atoms with Crippen LogP contribution in [0, 0.1) is 6.92 Å². The molecule has 2 heterocycles. The van der Waals surface area contributed by atoms with E-state index < -0.39 is 0 Å². The van der Waals surface area contributed by atoms with Crippen LogP contribution in [0.3, 0.4) is 0 Å². The van der Waals surface area contributed by atoms with Crippen molar-refractivity contribution in [2.45, 2.75) is 6.92 Å². The number of nitrogens with one attached hydrogen (secondary N) is 1. The number of nitrogen functional groups attached to an aromatic ring is 1. The number of ether oxygens (including phenoxy) is 1. The number of fused-ring (bicyclic) bond motifs is 1. The van der Waals surface area contributed by atoms with Crippen molar-refractivity contribution in [3.8, 4) is 11.6 Å². The Morgan fingerprint density at radius 2 is 2.21 bits per heavy atom. The van der Waals surface area contributed by atoms with Crippen LogP contribution in [-0.2, 0) is 0 Å². The van der Waals surface area contributed by atoms with Crippen molar-refractivity contribution >= 4 is 11.3 Å². The van der Waals surface area contributed by atoms with Gasteiger partial charge in [-0.3, -0.25) is 0 Å². The molecule has 7 heteroatoms. The van der Waals surface area contributed by atoms with Crippen molar-refractivity contribution in [3.63, 3.8) is 0 Å². The molecule has 1 aromatic carbocycles. The summed E-state index contributed by atoms with van der Waals surface area (Å²) in [5, 5.41) is 6.17. The molecule has 7 nitrogen and oxygen atoms in total. The largest absolute Gasteiger partial charge is 0.439 e. The number of aromatic amines is 1. The second-order valence-electron chi connectivity index (χ2n) is 4.11. The molecule has 0 aliphatic heterocycles. The Bertz CT molecular complexity index is 805. The van der Waals surface area contributed by atoms with E-state index in [2.05, 4.69) is 15.2 Å². The predicted molar refractivity (Wildman–Crippen MR) is 69.3 cm³/mol. The van der Waals surface area contributed by atoms with E-state index in [4.69, 9.17) is 10.5 Å². The number of H-pyrrole nitrogens is 1. The quantitative estimate of drug-likeness (QED) is 0.670. The van der Waals surface area contributed by atoms with Gasteiger partial charge in [0.1, 0.15) is 12.1 Å². The van der Waals surface area contributed by atoms with Gasteiger partial charge < -0.3 is 10.5 Å². The minimum absolute atomic E-state index is 0.335. The van der Waals surface area contributed by atoms with E-state index >= 15 is 0 Å². The van der Waals surface area contributed by atoms with Crippen LogP contribution in [0.15, 0.2) is 35.4 Å². The Morgan fingerprint density at radius 1 is 1.37 bits per heavy atom. The fourth-order valence-corrected chi connectivity index (χ4v) is 1.75. The molecule has 0 radical (unpaired) electrons. The first-order valence-corrected chi connectivity index (χ1v) is 5.60. The van der Waals surface area contributed by atoms with Crippen LogP contribution in [0.4, 0.5) is 5.69 Å². The number of rotatable bonds is 2. The van der Waals surface area contributed by atoms with Crippen molar-refractivity contribution < 1.29 is 4.74 Å². The molecule has 96 valence electrons. The van der Waals surface area contributed by atoms with Gasteiger partial charge in [-0.2, -0.15) is 5.10 Å². The Morgan fingerprint density at radius 3 is 3.00 bits per heavy atom. The molecule has 3 rings (SSSR count). The van der Waals surface area contributed by atoms with Crippen LogP contribution in [0.25, 0.3) is 5.65 Å². The van der Waals surface area contributed by atoms with Gasteiger partial charge in [-0.05, 0) is 30.7 Å². The fourth-order valence-electron chi connectivity index (χ4n) is 1.75. The average molecular weight is 257 g/mol. The van der Waals surface area contributed by atoms with Gasteiger partial charge in [-0.1, -0.05) is 0 Å². The minimum Gasteiger partial charge on any atom is -0.439 e. The minimum atomic E-state index is -0.335. The van der Waals surface area contributed by atoms with Crippen molar-refractivity contribution in [1.82, 2.24) is 19.6 Å². The first kappa shape index (κ1) is 11.3. The number of nitrogens with zero attached hydrogens (tertiary/aromatic N) is 3. The summed E-state index contributed by atoms with van der Waals surface area (Å²) in [6.45, 7) is 1.89. The van der Waals surface area contributed by atoms with Crippen LogP contribution in [0.2, 0.25) is 0 Å². The lowest BCUT2D eigenvalue weighted by Gasteiger charge is -2.08. The van der Waals surface area contributed by atoms with E-state index in [-0.39, 0.29) is 5.69 Å². The molecule has 0 unspecified atom stereocenters. The first-order valence-electron chi connectivity index (χ1n) is 5.60. The third kappa shape index (κ3) is 2.01. The van der Waals surface area contributed by atoms with Crippen LogP contribution in [0.1, 0.15) is 5.56 Å². The molecule has 0 aliphatic rings. The molecular formula is C12H11N5O2. The molecule has 0 spiro atoms. The molecule has 0 bridgehead atoms. The molecule has 0 amide bonds. The molecule has 0 saturated heterocycles. The molecule has 0 atom stereocenters. The summed E-state index contributed by atoms with van der Waals surface area (Å²) in [6.07, 6.45) is 1.36. The number of aromatic nitrogens is 4. The molecule has 19 heavy (non-hydrogen) atoms. The zero-order chi connectivity index (χ0) is 13.4. The lowest BCUT2D eigenvalue weighted by Crippen LogP contribution is -2.09. The van der Waals surface area contributed by atoms with E-state index in [1.165, 1.54) is 10.7 Å². The lowest BCUT2D eigenvalue weighted by atomic mass is 10.2. The molecular weight excluding hydrogens is 246 g/mol. The highest BCUT2D eigenvalue weighted by Gasteiger charge is 2.06. The van der Waals surface area contributed by atoms with E-state index in [1.807, 2.05) is 13.0 Å². The van der Waals surface area contributed by atoms with Crippen LogP contribution < -0.4 is 16.2 Å². The van der Waals surface area contributed by atoms with Gasteiger partial charge in [-0.15, -0.1) is 0 Å². The number of hydrogen-bond donors (Lipinski definition) is 2. The maximum atomic E-state index is 11.3. The zero-order valence-corrected chi connectivity index (χ0v) is 10.1. The molecule has 3 N–H and O–H groups in total. The van der Waals surface area contributed by atoms with Gasteiger partial charge in [0.15, 0.2) is 5.65 Å². The van der Waals surface area contributed by atoms with Gasteiger partial charge in [0.2, 0.25) is 5.88 Å². The highest BCUT2D eigenvalue weighted by Crippen LogP contribution is 2.25. The Hall–Kier alpha value is -2.83. The predicted octanol–water partition coefficient (Wildman–Crippen LogP) is 1.10. The van der Waals surface area contributed by atoms with E-state index in [9.17, 15) is 4.79 Å². The summed E-state index contributed by atoms with van der Waals surface area (Å²) in [6, 6.07) is 6.91. The standard InChI is InChI=1S/C12H11N5O2/c1-7-4-8(13)2-3-9(7)19-11-5-10-15-16-12(18)17(10)6-14-11/h2-6H,13H2,1H3,(H,16,18). The van der Waals surface area contributed by atoms with Crippen molar-refractivity contribution in [2.75, 3.05) is 5.73 Å². The average Bonchev–Trinajstić information content (AvgIpc) is 2.74. The van der Waals surface area contributed by atoms with Crippen LogP contribution in [0.5, 0.6) is 11.6 Å². The van der Waals surface area contributed by atoms with Gasteiger partial charge in [0.25, 0.3) is 0 Å². The van der Waals surface area contributed by atoms with E-state index in [0.29, 0.717) is 23.0 Å². The highest BCUT2D eigenvalue weighted by atomic mass is 16.5. The molecule has 0 fully saturated rings. The zero-order valence-electron chi connectivity index (χ0n) is 10.1. The van der Waals surface area contributed by atoms with Crippen LogP contribution >= 0.6 is 0 Å². The van der Waals surface area contributed by atoms with Crippen molar-refractivity contribution in [1.29, 1.82) is 0 Å². The fraction of sp³-hybridized carbons (Fsp3) is 0.0833. The third-order valence-electron chi connectivity index (χ3n) is 2.70. The number of nitrogens with two attached hydrogens (primary N) is 1. The van der Waals surface area contributed by atoms with Crippen LogP contribution in [-0.4, -0.2) is 19.6 Å². The number of hydrogen-bond acceptors (Lipinski definition) is 5. The molecule has 0 aliphatic carbocycles. The number of anilines is 1. The summed E-state index contributed by atoms with van der Waals surface area (Å²) in [4.78, 5) is 15.3. The summed E-state index contributed by atoms with van der Waals surface area (Å²) in [5.41, 5.74) is 7.36. The molecule has 0 saturated carbocycles. The van der Waals surface area contributed by atoms with Gasteiger partial charge in [0.05, 0.1) is 0 Å². The lowest BCUT2D eigenvalue weighted by molar-refractivity contribution is 0.458. The molecule has 2 aromatic heterocycles. The van der Waals surface area contributed by atoms with Crippen molar-refractivity contribution in [3.05, 3.63) is 46.6 Å². The SMILES string of the molecule is Cc1cc(N)ccc1Oc1cc2n[nH]c(=O)n2cn1. The van der Waals surface area contributed by atoms with Crippen molar-refractivity contribution in [2.24, 2.45) is 0 Å². The van der Waals surface area contributed by atoms with Gasteiger partial charge in [-0.25, -0.2) is 19.3 Å². The summed E-state index contributed by atoms with van der Waals surface area (Å²) in [5.74, 6) is 1.02. The Labute approximate surface area is 107 Å². The topological polar surface area (TPSA) is 98.3 Å². The smallest absolute Gasteiger partial charge is 0.348 e. The second kappa shape index (κ2) is 4.13. The number of aryl methyl sites for hydroxylation is 1. The van der Waals surface area contributed by atoms with Gasteiger partial charge in [0, 0.05) is 11.8 Å². The van der Waals surface area contributed by atoms with E-state index in [1.54, 1.807) is 18.2 Å². The summed E-state index contributed by atoms with van der Waals surface area (Å²) in [7, 11) is 0. The monoisotopic (exact) mass is 257 g/mol. The maximum absolute atomic E-state index is 11.3. The second-order valence-corrected chi connectivity index (χ2v) is 4.11. The van der Waals surface area contributed by atoms with E-state index in [0.717, 1.165) is 5.56 Å². The maximum Gasteiger partial charge on any atom is 0.348 e. The normalized spacial score (nSPS) is 10.8. The number of benzene rings is 1. The summed E-state index contributed by atoms with van der Waals surface area (Å²) >= 11 is 0. The summed E-state index contributed by atoms with van der Waals surface area (Å²) < 4.78 is 6.94. The highest BCUT2D eigenvalue weighted by molar-refractivity contribution is 5.49.